The van der Waals surface area contributed by atoms with Crippen molar-refractivity contribution in [1.29, 1.82) is 0 Å². The largest absolute Gasteiger partial charge is 0.466 e. The first-order valence-corrected chi connectivity index (χ1v) is 5.90. The highest BCUT2D eigenvalue weighted by atomic mass is 16.5. The predicted molar refractivity (Wildman–Crippen MR) is 58.1 cm³/mol. The average Bonchev–Trinajstić information content (AvgIpc) is 2.17. The Bertz CT molecular complexity index is 275. The highest BCUT2D eigenvalue weighted by molar-refractivity contribution is 5.73. The Hall–Kier alpha value is -0.570. The number of fused-ring (bicyclic) bond motifs is 2. The molecule has 3 aliphatic rings. The van der Waals surface area contributed by atoms with Gasteiger partial charge in [-0.25, -0.2) is 0 Å². The molecule has 3 aliphatic carbocycles. The standard InChI is InChI=1S/C12H21NO2/c1-4-15-11(14)8-5-7-6-9(10(8)13)12(7,2)3/h7-10H,4-6,13H2,1-3H3. The average molecular weight is 211 g/mol. The lowest BCUT2D eigenvalue weighted by atomic mass is 9.45. The number of ether oxygens (including phenoxy) is 1. The summed E-state index contributed by atoms with van der Waals surface area (Å²) in [5.74, 6) is 1.03. The van der Waals surface area contributed by atoms with Crippen LogP contribution in [-0.2, 0) is 9.53 Å². The second-order valence-corrected chi connectivity index (χ2v) is 5.53. The molecule has 4 unspecified atom stereocenters. The fourth-order valence-electron chi connectivity index (χ4n) is 3.36. The van der Waals surface area contributed by atoms with Crippen LogP contribution in [0.4, 0.5) is 0 Å². The first kappa shape index (κ1) is 10.9. The van der Waals surface area contributed by atoms with Crippen molar-refractivity contribution in [3.8, 4) is 0 Å². The van der Waals surface area contributed by atoms with E-state index in [0.717, 1.165) is 6.42 Å². The van der Waals surface area contributed by atoms with E-state index in [1.165, 1.54) is 6.42 Å². The van der Waals surface area contributed by atoms with Gasteiger partial charge in [-0.3, -0.25) is 4.79 Å². The van der Waals surface area contributed by atoms with Crippen molar-refractivity contribution in [3.05, 3.63) is 0 Å². The number of hydrogen-bond acceptors (Lipinski definition) is 3. The number of hydrogen-bond donors (Lipinski definition) is 1. The van der Waals surface area contributed by atoms with Gasteiger partial charge in [-0.15, -0.1) is 0 Å². The molecule has 3 fully saturated rings. The zero-order valence-corrected chi connectivity index (χ0v) is 9.82. The summed E-state index contributed by atoms with van der Waals surface area (Å²) in [5, 5.41) is 0. The summed E-state index contributed by atoms with van der Waals surface area (Å²) in [5.41, 5.74) is 6.50. The molecule has 3 rings (SSSR count). The number of carbonyl (C=O) groups excluding carboxylic acids is 1. The number of carbonyl (C=O) groups is 1. The fourth-order valence-corrected chi connectivity index (χ4v) is 3.36. The molecule has 0 aromatic heterocycles. The van der Waals surface area contributed by atoms with E-state index in [1.807, 2.05) is 6.92 Å². The molecule has 0 aromatic carbocycles. The van der Waals surface area contributed by atoms with E-state index in [1.54, 1.807) is 0 Å². The Morgan fingerprint density at radius 1 is 1.47 bits per heavy atom. The van der Waals surface area contributed by atoms with Crippen molar-refractivity contribution < 1.29 is 9.53 Å². The monoisotopic (exact) mass is 211 g/mol. The Labute approximate surface area is 91.4 Å². The first-order valence-electron chi connectivity index (χ1n) is 5.90. The maximum Gasteiger partial charge on any atom is 0.310 e. The van der Waals surface area contributed by atoms with Crippen LogP contribution in [-0.4, -0.2) is 18.6 Å². The molecule has 0 saturated heterocycles. The van der Waals surface area contributed by atoms with Crippen LogP contribution in [0.1, 0.15) is 33.6 Å². The smallest absolute Gasteiger partial charge is 0.310 e. The lowest BCUT2D eigenvalue weighted by Crippen LogP contribution is -2.62. The van der Waals surface area contributed by atoms with Crippen LogP contribution in [0, 0.1) is 23.2 Å². The molecule has 0 aliphatic heterocycles. The van der Waals surface area contributed by atoms with Gasteiger partial charge in [0.05, 0.1) is 12.5 Å². The molecule has 0 heterocycles. The van der Waals surface area contributed by atoms with E-state index < -0.39 is 0 Å². The molecule has 0 aromatic rings. The Morgan fingerprint density at radius 2 is 2.13 bits per heavy atom. The molecule has 3 nitrogen and oxygen atoms in total. The van der Waals surface area contributed by atoms with E-state index >= 15 is 0 Å². The Balaban J connectivity index is 2.05. The van der Waals surface area contributed by atoms with Gasteiger partial charge in [0.1, 0.15) is 0 Å². The summed E-state index contributed by atoms with van der Waals surface area (Å²) in [6.07, 6.45) is 2.12. The summed E-state index contributed by atoms with van der Waals surface area (Å²) in [6, 6.07) is 0.00375. The quantitative estimate of drug-likeness (QED) is 0.705. The van der Waals surface area contributed by atoms with Crippen LogP contribution in [0.25, 0.3) is 0 Å². The van der Waals surface area contributed by atoms with Crippen LogP contribution in [0.3, 0.4) is 0 Å². The maximum absolute atomic E-state index is 11.7. The minimum Gasteiger partial charge on any atom is -0.466 e. The summed E-state index contributed by atoms with van der Waals surface area (Å²) in [7, 11) is 0. The summed E-state index contributed by atoms with van der Waals surface area (Å²) >= 11 is 0. The van der Waals surface area contributed by atoms with Crippen LogP contribution in [0.15, 0.2) is 0 Å². The number of rotatable bonds is 2. The van der Waals surface area contributed by atoms with Crippen molar-refractivity contribution in [1.82, 2.24) is 0 Å². The molecule has 4 atom stereocenters. The van der Waals surface area contributed by atoms with Gasteiger partial charge in [0.15, 0.2) is 0 Å². The van der Waals surface area contributed by atoms with Gasteiger partial charge < -0.3 is 10.5 Å². The minimum atomic E-state index is -0.0878. The third-order valence-corrected chi connectivity index (χ3v) is 4.60. The zero-order chi connectivity index (χ0) is 11.2. The van der Waals surface area contributed by atoms with Gasteiger partial charge in [-0.1, -0.05) is 13.8 Å². The fraction of sp³-hybridized carbons (Fsp3) is 0.917. The summed E-state index contributed by atoms with van der Waals surface area (Å²) < 4.78 is 5.07. The van der Waals surface area contributed by atoms with Gasteiger partial charge in [-0.05, 0) is 37.0 Å². The second kappa shape index (κ2) is 3.48. The van der Waals surface area contributed by atoms with E-state index in [0.29, 0.717) is 23.9 Å². The predicted octanol–water partition coefficient (Wildman–Crippen LogP) is 1.56. The molecule has 2 N–H and O–H groups in total. The van der Waals surface area contributed by atoms with Gasteiger partial charge >= 0.3 is 5.97 Å². The van der Waals surface area contributed by atoms with E-state index in [9.17, 15) is 4.79 Å². The van der Waals surface area contributed by atoms with Crippen molar-refractivity contribution in [2.24, 2.45) is 28.9 Å². The number of esters is 1. The zero-order valence-electron chi connectivity index (χ0n) is 9.82. The van der Waals surface area contributed by atoms with Crippen LogP contribution >= 0.6 is 0 Å². The van der Waals surface area contributed by atoms with Crippen LogP contribution in [0.5, 0.6) is 0 Å². The van der Waals surface area contributed by atoms with E-state index in [2.05, 4.69) is 13.8 Å². The second-order valence-electron chi connectivity index (χ2n) is 5.53. The van der Waals surface area contributed by atoms with Crippen molar-refractivity contribution in [2.75, 3.05) is 6.61 Å². The third-order valence-electron chi connectivity index (χ3n) is 4.60. The highest BCUT2D eigenvalue weighted by Gasteiger charge is 2.58. The normalized spacial score (nSPS) is 41.9. The molecule has 0 spiro atoms. The molecular weight excluding hydrogens is 190 g/mol. The third kappa shape index (κ3) is 1.48. The topological polar surface area (TPSA) is 52.3 Å². The lowest BCUT2D eigenvalue weighted by Gasteiger charge is -2.61. The maximum atomic E-state index is 11.7. The molecule has 86 valence electrons. The highest BCUT2D eigenvalue weighted by Crippen LogP contribution is 2.60. The lowest BCUT2D eigenvalue weighted by molar-refractivity contribution is -0.164. The Morgan fingerprint density at radius 3 is 2.60 bits per heavy atom. The van der Waals surface area contributed by atoms with Crippen LogP contribution in [0.2, 0.25) is 0 Å². The molecule has 0 radical (unpaired) electrons. The molecule has 15 heavy (non-hydrogen) atoms. The van der Waals surface area contributed by atoms with E-state index in [4.69, 9.17) is 10.5 Å². The van der Waals surface area contributed by atoms with Gasteiger partial charge in [-0.2, -0.15) is 0 Å². The molecule has 0 amide bonds. The minimum absolute atomic E-state index is 0.00375. The van der Waals surface area contributed by atoms with Crippen LogP contribution < -0.4 is 5.73 Å². The molecular formula is C12H21NO2. The Kier molecular flexibility index (Phi) is 2.53. The van der Waals surface area contributed by atoms with Crippen molar-refractivity contribution >= 4 is 5.97 Å². The van der Waals surface area contributed by atoms with E-state index in [-0.39, 0.29) is 17.9 Å². The van der Waals surface area contributed by atoms with Crippen molar-refractivity contribution in [2.45, 2.75) is 39.7 Å². The van der Waals surface area contributed by atoms with Crippen molar-refractivity contribution in [3.63, 3.8) is 0 Å². The van der Waals surface area contributed by atoms with Gasteiger partial charge in [0.2, 0.25) is 0 Å². The summed E-state index contributed by atoms with van der Waals surface area (Å²) in [4.78, 5) is 11.7. The van der Waals surface area contributed by atoms with Gasteiger partial charge in [0.25, 0.3) is 0 Å². The number of nitrogens with two attached hydrogens (primary N) is 1. The van der Waals surface area contributed by atoms with Gasteiger partial charge in [0, 0.05) is 6.04 Å². The first-order chi connectivity index (χ1) is 6.98. The molecule has 3 saturated carbocycles. The SMILES string of the molecule is CCOC(=O)C1CC2CC(C1N)C2(C)C. The summed E-state index contributed by atoms with van der Waals surface area (Å²) in [6.45, 7) is 6.85. The molecule has 2 bridgehead atoms. The molecule has 3 heteroatoms.